The lowest BCUT2D eigenvalue weighted by Crippen LogP contribution is -2.45. The van der Waals surface area contributed by atoms with Crippen LogP contribution in [0.15, 0.2) is 21.5 Å². The van der Waals surface area contributed by atoms with Crippen LogP contribution in [-0.4, -0.2) is 44.1 Å². The number of hydrogen-bond donors (Lipinski definition) is 2. The predicted molar refractivity (Wildman–Crippen MR) is 92.8 cm³/mol. The normalized spacial score (nSPS) is 17.1. The van der Waals surface area contributed by atoms with Gasteiger partial charge in [-0.05, 0) is 45.5 Å². The van der Waals surface area contributed by atoms with Gasteiger partial charge in [-0.25, -0.2) is 0 Å². The smallest absolute Gasteiger partial charge is 0.191 e. The van der Waals surface area contributed by atoms with Crippen LogP contribution in [0.1, 0.15) is 30.9 Å². The van der Waals surface area contributed by atoms with Crippen LogP contribution in [0.4, 0.5) is 0 Å². The van der Waals surface area contributed by atoms with E-state index in [4.69, 9.17) is 4.42 Å². The monoisotopic (exact) mass is 392 g/mol. The van der Waals surface area contributed by atoms with E-state index in [2.05, 4.69) is 27.4 Å². The highest BCUT2D eigenvalue weighted by Crippen LogP contribution is 2.15. The second-order valence-corrected chi connectivity index (χ2v) is 5.01. The number of likely N-dealkylation sites (tertiary alicyclic amines) is 1. The van der Waals surface area contributed by atoms with Crippen molar-refractivity contribution in [1.82, 2.24) is 15.5 Å². The molecule has 0 saturated carbocycles. The molecule has 1 fully saturated rings. The van der Waals surface area contributed by atoms with Crippen molar-refractivity contribution < 1.29 is 4.42 Å². The first kappa shape index (κ1) is 17.3. The van der Waals surface area contributed by atoms with Gasteiger partial charge in [0.1, 0.15) is 11.5 Å². The minimum Gasteiger partial charge on any atom is -0.464 e. The van der Waals surface area contributed by atoms with Crippen LogP contribution in [0.25, 0.3) is 0 Å². The third-order valence-corrected chi connectivity index (χ3v) is 3.43. The van der Waals surface area contributed by atoms with E-state index in [9.17, 15) is 0 Å². The molecule has 0 aliphatic carbocycles. The fraction of sp³-hybridized carbons (Fsp3) is 0.643. The van der Waals surface area contributed by atoms with Crippen molar-refractivity contribution in [3.63, 3.8) is 0 Å². The molecule has 1 aliphatic heterocycles. The van der Waals surface area contributed by atoms with Crippen molar-refractivity contribution in [1.29, 1.82) is 0 Å². The number of aliphatic imine (C=N–C) groups is 1. The van der Waals surface area contributed by atoms with E-state index in [0.717, 1.165) is 30.6 Å². The molecule has 0 radical (unpaired) electrons. The number of hydrogen-bond acceptors (Lipinski definition) is 3. The molecule has 20 heavy (non-hydrogen) atoms. The minimum atomic E-state index is 0. The summed E-state index contributed by atoms with van der Waals surface area (Å²) in [7, 11) is 1.79. The summed E-state index contributed by atoms with van der Waals surface area (Å²) in [6.45, 7) is 8.49. The molecule has 5 nitrogen and oxygen atoms in total. The molecule has 0 spiro atoms. The molecule has 1 aromatic rings. The topological polar surface area (TPSA) is 52.8 Å². The number of aryl methyl sites for hydroxylation is 1. The molecule has 1 aliphatic rings. The quantitative estimate of drug-likeness (QED) is 0.458. The van der Waals surface area contributed by atoms with Gasteiger partial charge in [-0.1, -0.05) is 0 Å². The molecule has 1 saturated heterocycles. The number of rotatable bonds is 5. The summed E-state index contributed by atoms with van der Waals surface area (Å²) in [5.41, 5.74) is 0. The Bertz CT molecular complexity index is 429. The standard InChI is InChI=1S/C14H24N4O.HI/c1-11-5-6-13(19-11)12(2)17-14(15-3)16-7-10-18-8-4-9-18;/h5-6,12H,4,7-10H2,1-3H3,(H2,15,16,17);1H. The predicted octanol–water partition coefficient (Wildman–Crippen LogP) is 2.14. The maximum absolute atomic E-state index is 5.61. The van der Waals surface area contributed by atoms with E-state index >= 15 is 0 Å². The van der Waals surface area contributed by atoms with E-state index in [0.29, 0.717) is 0 Å². The molecule has 114 valence electrons. The highest BCUT2D eigenvalue weighted by Gasteiger charge is 2.14. The molecule has 0 amide bonds. The fourth-order valence-electron chi connectivity index (χ4n) is 2.09. The van der Waals surface area contributed by atoms with Crippen molar-refractivity contribution in [2.45, 2.75) is 26.3 Å². The Morgan fingerprint density at radius 3 is 2.70 bits per heavy atom. The Kier molecular flexibility index (Phi) is 7.36. The van der Waals surface area contributed by atoms with E-state index in [1.807, 2.05) is 19.1 Å². The average molecular weight is 392 g/mol. The minimum absolute atomic E-state index is 0. The van der Waals surface area contributed by atoms with Crippen molar-refractivity contribution in [3.05, 3.63) is 23.7 Å². The maximum Gasteiger partial charge on any atom is 0.191 e. The highest BCUT2D eigenvalue weighted by molar-refractivity contribution is 14.0. The maximum atomic E-state index is 5.61. The van der Waals surface area contributed by atoms with Gasteiger partial charge in [-0.3, -0.25) is 4.99 Å². The number of nitrogens with one attached hydrogen (secondary N) is 2. The van der Waals surface area contributed by atoms with Gasteiger partial charge >= 0.3 is 0 Å². The van der Waals surface area contributed by atoms with Gasteiger partial charge in [0, 0.05) is 20.1 Å². The van der Waals surface area contributed by atoms with E-state index in [1.165, 1.54) is 19.5 Å². The first-order valence-corrected chi connectivity index (χ1v) is 6.95. The Labute approximate surface area is 138 Å². The average Bonchev–Trinajstić information content (AvgIpc) is 2.77. The molecule has 2 N–H and O–H groups in total. The van der Waals surface area contributed by atoms with Gasteiger partial charge in [-0.15, -0.1) is 24.0 Å². The molecule has 1 aromatic heterocycles. The lowest BCUT2D eigenvalue weighted by molar-refractivity contribution is 0.185. The van der Waals surface area contributed by atoms with Gasteiger partial charge < -0.3 is 20.0 Å². The number of guanidine groups is 1. The summed E-state index contributed by atoms with van der Waals surface area (Å²) >= 11 is 0. The van der Waals surface area contributed by atoms with E-state index in [-0.39, 0.29) is 30.0 Å². The van der Waals surface area contributed by atoms with Crippen LogP contribution in [0, 0.1) is 6.92 Å². The van der Waals surface area contributed by atoms with Gasteiger partial charge in [0.2, 0.25) is 0 Å². The van der Waals surface area contributed by atoms with Crippen molar-refractivity contribution in [2.24, 2.45) is 4.99 Å². The highest BCUT2D eigenvalue weighted by atomic mass is 127. The largest absolute Gasteiger partial charge is 0.464 e. The van der Waals surface area contributed by atoms with Crippen LogP contribution in [-0.2, 0) is 0 Å². The van der Waals surface area contributed by atoms with Gasteiger partial charge in [0.25, 0.3) is 0 Å². The van der Waals surface area contributed by atoms with Crippen molar-refractivity contribution >= 4 is 29.9 Å². The SMILES string of the molecule is CN=C(NCCN1CCC1)NC(C)c1ccc(C)o1.I. The molecular weight excluding hydrogens is 367 g/mol. The fourth-order valence-corrected chi connectivity index (χ4v) is 2.09. The zero-order valence-corrected chi connectivity index (χ0v) is 14.8. The Balaban J connectivity index is 0.00000200. The van der Waals surface area contributed by atoms with Crippen LogP contribution >= 0.6 is 24.0 Å². The second kappa shape index (κ2) is 8.51. The molecule has 0 bridgehead atoms. The van der Waals surface area contributed by atoms with Gasteiger partial charge in [0.05, 0.1) is 6.04 Å². The number of nitrogens with zero attached hydrogens (tertiary/aromatic N) is 2. The molecule has 0 aromatic carbocycles. The molecule has 2 heterocycles. The second-order valence-electron chi connectivity index (χ2n) is 5.01. The van der Waals surface area contributed by atoms with E-state index in [1.54, 1.807) is 7.05 Å². The van der Waals surface area contributed by atoms with Crippen LogP contribution in [0.2, 0.25) is 0 Å². The van der Waals surface area contributed by atoms with Gasteiger partial charge in [-0.2, -0.15) is 0 Å². The van der Waals surface area contributed by atoms with Crippen LogP contribution < -0.4 is 10.6 Å². The first-order chi connectivity index (χ1) is 9.19. The molecular formula is C14H25IN4O. The molecule has 1 atom stereocenters. The Morgan fingerprint density at radius 2 is 2.20 bits per heavy atom. The van der Waals surface area contributed by atoms with E-state index < -0.39 is 0 Å². The summed E-state index contributed by atoms with van der Waals surface area (Å²) in [4.78, 5) is 6.67. The van der Waals surface area contributed by atoms with Crippen molar-refractivity contribution in [3.8, 4) is 0 Å². The summed E-state index contributed by atoms with van der Waals surface area (Å²) in [5, 5.41) is 6.66. The Morgan fingerprint density at radius 1 is 1.45 bits per heavy atom. The molecule has 1 unspecified atom stereocenters. The number of furan rings is 1. The summed E-state index contributed by atoms with van der Waals surface area (Å²) < 4.78 is 5.61. The molecule has 2 rings (SSSR count). The first-order valence-electron chi connectivity index (χ1n) is 6.95. The third kappa shape index (κ3) is 4.97. The van der Waals surface area contributed by atoms with Crippen LogP contribution in [0.5, 0.6) is 0 Å². The molecule has 6 heteroatoms. The lowest BCUT2D eigenvalue weighted by atomic mass is 10.2. The summed E-state index contributed by atoms with van der Waals surface area (Å²) in [6.07, 6.45) is 1.34. The summed E-state index contributed by atoms with van der Waals surface area (Å²) in [5.74, 6) is 2.69. The van der Waals surface area contributed by atoms with Gasteiger partial charge in [0.15, 0.2) is 5.96 Å². The van der Waals surface area contributed by atoms with Crippen LogP contribution in [0.3, 0.4) is 0 Å². The lowest BCUT2D eigenvalue weighted by Gasteiger charge is -2.30. The zero-order chi connectivity index (χ0) is 13.7. The van der Waals surface area contributed by atoms with Crippen molar-refractivity contribution in [2.75, 3.05) is 33.2 Å². The Hall–Kier alpha value is -0.760. The third-order valence-electron chi connectivity index (χ3n) is 3.43. The summed E-state index contributed by atoms with van der Waals surface area (Å²) in [6, 6.07) is 4.09. The zero-order valence-electron chi connectivity index (χ0n) is 12.5. The number of halogens is 1.